The van der Waals surface area contributed by atoms with Gasteiger partial charge in [-0.1, -0.05) is 20.8 Å². The molecule has 0 spiro atoms. The highest BCUT2D eigenvalue weighted by atomic mass is 16.5. The summed E-state index contributed by atoms with van der Waals surface area (Å²) < 4.78 is 6.01. The molecule has 0 N–H and O–H groups in total. The van der Waals surface area contributed by atoms with E-state index in [1.165, 1.54) is 0 Å². The molecule has 1 unspecified atom stereocenters. The van der Waals surface area contributed by atoms with Crippen LogP contribution in [0, 0.1) is 11.3 Å². The van der Waals surface area contributed by atoms with Gasteiger partial charge in [0, 0.05) is 23.3 Å². The molecule has 0 aromatic rings. The minimum absolute atomic E-state index is 0.159. The molecule has 0 radical (unpaired) electrons. The van der Waals surface area contributed by atoms with Crippen molar-refractivity contribution in [3.8, 4) is 0 Å². The van der Waals surface area contributed by atoms with Gasteiger partial charge < -0.3 is 4.74 Å². The predicted molar refractivity (Wildman–Crippen MR) is 59.4 cm³/mol. The molecule has 0 saturated carbocycles. The number of ether oxygens (including phenoxy) is 1. The summed E-state index contributed by atoms with van der Waals surface area (Å²) >= 11 is 0. The van der Waals surface area contributed by atoms with E-state index in [2.05, 4.69) is 34.6 Å². The Morgan fingerprint density at radius 2 is 1.87 bits per heavy atom. The van der Waals surface area contributed by atoms with Crippen LogP contribution >= 0.6 is 0 Å². The topological polar surface area (TPSA) is 26.3 Å². The highest BCUT2D eigenvalue weighted by Crippen LogP contribution is 2.53. The van der Waals surface area contributed by atoms with Crippen molar-refractivity contribution in [1.82, 2.24) is 0 Å². The van der Waals surface area contributed by atoms with Crippen LogP contribution < -0.4 is 0 Å². The molecule has 84 valence electrons. The Bertz CT molecular complexity index is 348. The summed E-state index contributed by atoms with van der Waals surface area (Å²) in [5, 5.41) is 0. The summed E-state index contributed by atoms with van der Waals surface area (Å²) in [5.74, 6) is 1.65. The van der Waals surface area contributed by atoms with Gasteiger partial charge in [0.2, 0.25) is 0 Å². The first-order chi connectivity index (χ1) is 6.77. The molecule has 2 aliphatic rings. The van der Waals surface area contributed by atoms with Gasteiger partial charge in [-0.2, -0.15) is 0 Å². The molecule has 0 saturated heterocycles. The average Bonchev–Trinajstić information content (AvgIpc) is 2.28. The summed E-state index contributed by atoms with van der Waals surface area (Å²) in [6, 6.07) is 0. The van der Waals surface area contributed by atoms with Crippen molar-refractivity contribution in [1.29, 1.82) is 0 Å². The molecule has 0 aromatic carbocycles. The van der Waals surface area contributed by atoms with E-state index in [1.807, 2.05) is 0 Å². The van der Waals surface area contributed by atoms with Crippen molar-refractivity contribution in [2.45, 2.75) is 53.1 Å². The number of hydrogen-bond donors (Lipinski definition) is 0. The molecular formula is C13H20O2. The molecule has 0 fully saturated rings. The summed E-state index contributed by atoms with van der Waals surface area (Å²) in [4.78, 5) is 12.0. The summed E-state index contributed by atoms with van der Waals surface area (Å²) in [7, 11) is 0. The molecule has 0 aromatic heterocycles. The van der Waals surface area contributed by atoms with E-state index in [4.69, 9.17) is 4.74 Å². The lowest BCUT2D eigenvalue weighted by molar-refractivity contribution is -0.117. The Morgan fingerprint density at radius 3 is 2.40 bits per heavy atom. The van der Waals surface area contributed by atoms with E-state index in [0.29, 0.717) is 18.1 Å². The monoisotopic (exact) mass is 208 g/mol. The molecular weight excluding hydrogens is 188 g/mol. The van der Waals surface area contributed by atoms with E-state index >= 15 is 0 Å². The summed E-state index contributed by atoms with van der Waals surface area (Å²) in [6.07, 6.45) is 1.62. The highest BCUT2D eigenvalue weighted by Gasteiger charge is 2.53. The number of carbonyl (C=O) groups is 1. The van der Waals surface area contributed by atoms with Crippen LogP contribution in [0.3, 0.4) is 0 Å². The molecule has 1 heterocycles. The zero-order valence-corrected chi connectivity index (χ0v) is 10.3. The quantitative estimate of drug-likeness (QED) is 0.611. The minimum atomic E-state index is -0.258. The van der Waals surface area contributed by atoms with Crippen LogP contribution in [-0.2, 0) is 9.53 Å². The minimum Gasteiger partial charge on any atom is -0.491 e. The molecule has 0 amide bonds. The number of allylic oxidation sites excluding steroid dienone is 1. The maximum Gasteiger partial charge on any atom is 0.162 e. The third-order valence-corrected chi connectivity index (χ3v) is 4.27. The van der Waals surface area contributed by atoms with Crippen LogP contribution in [0.25, 0.3) is 0 Å². The van der Waals surface area contributed by atoms with Gasteiger partial charge in [-0.15, -0.1) is 0 Å². The highest BCUT2D eigenvalue weighted by molar-refractivity contribution is 5.98. The second kappa shape index (κ2) is 2.87. The molecule has 2 rings (SSSR count). The lowest BCUT2D eigenvalue weighted by Gasteiger charge is -2.34. The third kappa shape index (κ3) is 1.27. The first kappa shape index (κ1) is 10.7. The Morgan fingerprint density at radius 1 is 1.27 bits per heavy atom. The largest absolute Gasteiger partial charge is 0.491 e. The van der Waals surface area contributed by atoms with Crippen molar-refractivity contribution in [3.63, 3.8) is 0 Å². The fourth-order valence-electron chi connectivity index (χ4n) is 2.50. The number of hydrogen-bond acceptors (Lipinski definition) is 2. The van der Waals surface area contributed by atoms with Gasteiger partial charge >= 0.3 is 0 Å². The van der Waals surface area contributed by atoms with Gasteiger partial charge in [-0.3, -0.25) is 4.79 Å². The zero-order chi connectivity index (χ0) is 11.4. The summed E-state index contributed by atoms with van der Waals surface area (Å²) in [6.45, 7) is 10.5. The number of ketones is 1. The first-order valence-corrected chi connectivity index (χ1v) is 5.74. The van der Waals surface area contributed by atoms with Crippen LogP contribution in [0.15, 0.2) is 11.3 Å². The van der Waals surface area contributed by atoms with Gasteiger partial charge in [0.05, 0.1) is 0 Å². The van der Waals surface area contributed by atoms with Crippen LogP contribution in [0.4, 0.5) is 0 Å². The van der Waals surface area contributed by atoms with Crippen molar-refractivity contribution in [3.05, 3.63) is 11.3 Å². The van der Waals surface area contributed by atoms with Crippen molar-refractivity contribution in [2.24, 2.45) is 11.3 Å². The SMILES string of the molecule is CC1CCC(=O)C2=C1OC(C)(C)C2(C)C. The van der Waals surface area contributed by atoms with Crippen LogP contribution in [-0.4, -0.2) is 11.4 Å². The molecule has 1 aliphatic heterocycles. The van der Waals surface area contributed by atoms with E-state index in [9.17, 15) is 4.79 Å². The number of rotatable bonds is 0. The fourth-order valence-corrected chi connectivity index (χ4v) is 2.50. The molecule has 15 heavy (non-hydrogen) atoms. The van der Waals surface area contributed by atoms with Crippen molar-refractivity contribution < 1.29 is 9.53 Å². The van der Waals surface area contributed by atoms with E-state index in [0.717, 1.165) is 17.8 Å². The van der Waals surface area contributed by atoms with Crippen molar-refractivity contribution >= 4 is 5.78 Å². The molecule has 2 heteroatoms. The molecule has 1 aliphatic carbocycles. The number of carbonyl (C=O) groups excluding carboxylic acids is 1. The van der Waals surface area contributed by atoms with E-state index in [-0.39, 0.29) is 11.0 Å². The normalized spacial score (nSPS) is 32.6. The van der Waals surface area contributed by atoms with Crippen LogP contribution in [0.5, 0.6) is 0 Å². The van der Waals surface area contributed by atoms with Crippen LogP contribution in [0.1, 0.15) is 47.5 Å². The fraction of sp³-hybridized carbons (Fsp3) is 0.769. The summed E-state index contributed by atoms with van der Waals surface area (Å²) in [5.41, 5.74) is 0.534. The van der Waals surface area contributed by atoms with E-state index in [1.54, 1.807) is 0 Å². The predicted octanol–water partition coefficient (Wildman–Crippen LogP) is 3.07. The molecule has 1 atom stereocenters. The second-order valence-electron chi connectivity index (χ2n) is 5.84. The Hall–Kier alpha value is -0.790. The Labute approximate surface area is 91.7 Å². The Kier molecular flexibility index (Phi) is 2.05. The zero-order valence-electron chi connectivity index (χ0n) is 10.3. The van der Waals surface area contributed by atoms with E-state index < -0.39 is 0 Å². The van der Waals surface area contributed by atoms with Gasteiger partial charge in [0.1, 0.15) is 11.4 Å². The smallest absolute Gasteiger partial charge is 0.162 e. The lowest BCUT2D eigenvalue weighted by Crippen LogP contribution is -2.38. The maximum absolute atomic E-state index is 12.0. The van der Waals surface area contributed by atoms with Gasteiger partial charge in [-0.25, -0.2) is 0 Å². The molecule has 0 bridgehead atoms. The Balaban J connectivity index is 2.53. The standard InChI is InChI=1S/C13H20O2/c1-8-6-7-9(14)10-11(8)15-13(4,5)12(10,2)3/h8H,6-7H2,1-5H3. The van der Waals surface area contributed by atoms with Crippen LogP contribution in [0.2, 0.25) is 0 Å². The van der Waals surface area contributed by atoms with Crippen molar-refractivity contribution in [2.75, 3.05) is 0 Å². The average molecular weight is 208 g/mol. The van der Waals surface area contributed by atoms with Gasteiger partial charge in [0.25, 0.3) is 0 Å². The van der Waals surface area contributed by atoms with Gasteiger partial charge in [-0.05, 0) is 20.3 Å². The lowest BCUT2D eigenvalue weighted by atomic mass is 9.69. The van der Waals surface area contributed by atoms with Gasteiger partial charge in [0.15, 0.2) is 5.78 Å². The second-order valence-corrected chi connectivity index (χ2v) is 5.84. The first-order valence-electron chi connectivity index (χ1n) is 5.74. The number of Topliss-reactive ketones (excluding diaryl/α,β-unsaturated/α-hetero) is 1. The maximum atomic E-state index is 12.0. The molecule has 2 nitrogen and oxygen atoms in total. The third-order valence-electron chi connectivity index (χ3n) is 4.27.